The lowest BCUT2D eigenvalue weighted by Gasteiger charge is -2.29. The van der Waals surface area contributed by atoms with Crippen molar-refractivity contribution in [2.45, 2.75) is 10.7 Å². The molecular formula is C12H13F2N3OS2. The molecule has 0 spiro atoms. The van der Waals surface area contributed by atoms with Crippen LogP contribution in [0.5, 0.6) is 0 Å². The van der Waals surface area contributed by atoms with Gasteiger partial charge in [-0.3, -0.25) is 4.79 Å². The zero-order chi connectivity index (χ0) is 14.5. The normalized spacial score (nSPS) is 15.2. The van der Waals surface area contributed by atoms with E-state index >= 15 is 0 Å². The third-order valence-corrected chi connectivity index (χ3v) is 3.74. The van der Waals surface area contributed by atoms with E-state index in [9.17, 15) is 13.6 Å². The number of rotatable bonds is 3. The Bertz CT molecular complexity index is 496. The largest absolute Gasteiger partial charge is 0.353 e. The van der Waals surface area contributed by atoms with Gasteiger partial charge < -0.3 is 15.5 Å². The third kappa shape index (κ3) is 4.31. The fraction of sp³-hybridized carbons (Fsp3) is 0.333. The van der Waals surface area contributed by atoms with Gasteiger partial charge in [-0.2, -0.15) is 8.78 Å². The molecule has 108 valence electrons. The first-order chi connectivity index (χ1) is 9.54. The molecule has 1 aromatic carbocycles. The van der Waals surface area contributed by atoms with Crippen LogP contribution in [0.25, 0.3) is 0 Å². The summed E-state index contributed by atoms with van der Waals surface area (Å²) in [6, 6.07) is 6.57. The van der Waals surface area contributed by atoms with Crippen LogP contribution in [0.1, 0.15) is 0 Å². The molecule has 1 amide bonds. The molecule has 0 radical (unpaired) electrons. The maximum absolute atomic E-state index is 12.2. The number of thioether (sulfide) groups is 1. The lowest BCUT2D eigenvalue weighted by molar-refractivity contribution is -0.122. The number of hydrogen-bond acceptors (Lipinski definition) is 3. The average molecular weight is 317 g/mol. The molecule has 1 saturated heterocycles. The maximum atomic E-state index is 12.2. The summed E-state index contributed by atoms with van der Waals surface area (Å²) in [5.74, 6) is -2.49. The predicted molar refractivity (Wildman–Crippen MR) is 79.1 cm³/mol. The van der Waals surface area contributed by atoms with Crippen LogP contribution in [0.3, 0.4) is 0 Å². The van der Waals surface area contributed by atoms with Crippen LogP contribution in [0.15, 0.2) is 29.2 Å². The van der Waals surface area contributed by atoms with Crippen LogP contribution in [0.2, 0.25) is 0 Å². The minimum atomic E-state index is -2.43. The summed E-state index contributed by atoms with van der Waals surface area (Å²) in [6.07, 6.45) is 0. The van der Waals surface area contributed by atoms with Gasteiger partial charge >= 0.3 is 0 Å². The minimum Gasteiger partial charge on any atom is -0.353 e. The van der Waals surface area contributed by atoms with Gasteiger partial charge in [0.15, 0.2) is 5.11 Å². The van der Waals surface area contributed by atoms with Crippen molar-refractivity contribution < 1.29 is 13.6 Å². The van der Waals surface area contributed by atoms with Gasteiger partial charge in [-0.25, -0.2) is 0 Å². The van der Waals surface area contributed by atoms with E-state index in [0.717, 1.165) is 0 Å². The summed E-state index contributed by atoms with van der Waals surface area (Å²) in [7, 11) is 0. The highest BCUT2D eigenvalue weighted by Gasteiger charge is 2.18. The van der Waals surface area contributed by atoms with Gasteiger partial charge in [0, 0.05) is 23.7 Å². The van der Waals surface area contributed by atoms with Crippen molar-refractivity contribution in [1.29, 1.82) is 0 Å². The van der Waals surface area contributed by atoms with Gasteiger partial charge in [-0.05, 0) is 36.5 Å². The number of halogens is 2. The Morgan fingerprint density at radius 3 is 2.70 bits per heavy atom. The SMILES string of the molecule is O=C1CN(C(=S)Nc2ccc(SC(F)F)cc2)CCN1. The number of carbonyl (C=O) groups is 1. The topological polar surface area (TPSA) is 44.4 Å². The van der Waals surface area contributed by atoms with Crippen LogP contribution in [0.4, 0.5) is 14.5 Å². The van der Waals surface area contributed by atoms with Crippen LogP contribution >= 0.6 is 24.0 Å². The average Bonchev–Trinajstić information content (AvgIpc) is 2.40. The van der Waals surface area contributed by atoms with E-state index in [4.69, 9.17) is 12.2 Å². The van der Waals surface area contributed by atoms with Gasteiger partial charge in [-0.1, -0.05) is 11.8 Å². The summed E-state index contributed by atoms with van der Waals surface area (Å²) in [4.78, 5) is 13.5. The molecule has 2 N–H and O–H groups in total. The summed E-state index contributed by atoms with van der Waals surface area (Å²) in [5.41, 5.74) is 0.708. The Morgan fingerprint density at radius 2 is 2.10 bits per heavy atom. The molecule has 1 aromatic rings. The van der Waals surface area contributed by atoms with E-state index in [1.807, 2.05) is 0 Å². The molecule has 0 bridgehead atoms. The zero-order valence-electron chi connectivity index (χ0n) is 10.4. The number of carbonyl (C=O) groups excluding carboxylic acids is 1. The van der Waals surface area contributed by atoms with Crippen LogP contribution in [0, 0.1) is 0 Å². The first kappa shape index (κ1) is 15.0. The minimum absolute atomic E-state index is 0.0657. The molecule has 1 fully saturated rings. The number of hydrogen-bond donors (Lipinski definition) is 2. The molecule has 2 rings (SSSR count). The Kier molecular flexibility index (Phi) is 5.13. The van der Waals surface area contributed by atoms with E-state index in [1.165, 1.54) is 0 Å². The van der Waals surface area contributed by atoms with Gasteiger partial charge in [0.05, 0.1) is 6.54 Å². The summed E-state index contributed by atoms with van der Waals surface area (Å²) < 4.78 is 24.4. The van der Waals surface area contributed by atoms with Crippen molar-refractivity contribution in [3.8, 4) is 0 Å². The zero-order valence-corrected chi connectivity index (χ0v) is 12.1. The molecule has 1 aliphatic rings. The molecule has 0 atom stereocenters. The Labute approximate surface area is 124 Å². The van der Waals surface area contributed by atoms with Crippen LogP contribution in [-0.2, 0) is 4.79 Å². The first-order valence-corrected chi connectivity index (χ1v) is 7.21. The van der Waals surface area contributed by atoms with E-state index in [-0.39, 0.29) is 12.5 Å². The van der Waals surface area contributed by atoms with E-state index in [0.29, 0.717) is 40.5 Å². The van der Waals surface area contributed by atoms with Gasteiger partial charge in [0.1, 0.15) is 0 Å². The molecule has 0 unspecified atom stereocenters. The fourth-order valence-electron chi connectivity index (χ4n) is 1.73. The summed E-state index contributed by atoms with van der Waals surface area (Å²) in [5, 5.41) is 6.16. The quantitative estimate of drug-likeness (QED) is 0.660. The van der Waals surface area contributed by atoms with Crippen molar-refractivity contribution in [3.05, 3.63) is 24.3 Å². The van der Waals surface area contributed by atoms with Crippen molar-refractivity contribution in [1.82, 2.24) is 10.2 Å². The second-order valence-corrected chi connectivity index (χ2v) is 5.55. The molecular weight excluding hydrogens is 304 g/mol. The number of thiocarbonyl (C=S) groups is 1. The molecule has 0 aromatic heterocycles. The predicted octanol–water partition coefficient (Wildman–Crippen LogP) is 2.13. The highest BCUT2D eigenvalue weighted by Crippen LogP contribution is 2.26. The highest BCUT2D eigenvalue weighted by atomic mass is 32.2. The van der Waals surface area contributed by atoms with E-state index in [2.05, 4.69) is 10.6 Å². The standard InChI is InChI=1S/C12H13F2N3OS2/c13-11(14)20-9-3-1-8(2-4-9)16-12(19)17-6-5-15-10(18)7-17/h1-4,11H,5-7H2,(H,15,18)(H,16,19). The van der Waals surface area contributed by atoms with Crippen molar-refractivity contribution in [2.24, 2.45) is 0 Å². The summed E-state index contributed by atoms with van der Waals surface area (Å²) >= 11 is 5.72. The Hall–Kier alpha value is -1.41. The van der Waals surface area contributed by atoms with Crippen LogP contribution in [-0.4, -0.2) is 41.3 Å². The van der Waals surface area contributed by atoms with Gasteiger partial charge in [0.25, 0.3) is 5.76 Å². The maximum Gasteiger partial charge on any atom is 0.288 e. The molecule has 1 aliphatic heterocycles. The van der Waals surface area contributed by atoms with Crippen molar-refractivity contribution in [3.63, 3.8) is 0 Å². The summed E-state index contributed by atoms with van der Waals surface area (Å²) in [6.45, 7) is 1.44. The van der Waals surface area contributed by atoms with Gasteiger partial charge in [-0.15, -0.1) is 0 Å². The molecule has 20 heavy (non-hydrogen) atoms. The monoisotopic (exact) mass is 317 g/mol. The lowest BCUT2D eigenvalue weighted by Crippen LogP contribution is -2.51. The van der Waals surface area contributed by atoms with E-state index < -0.39 is 5.76 Å². The lowest BCUT2D eigenvalue weighted by atomic mass is 10.3. The fourth-order valence-corrected chi connectivity index (χ4v) is 2.51. The smallest absolute Gasteiger partial charge is 0.288 e. The van der Waals surface area contributed by atoms with Crippen molar-refractivity contribution >= 4 is 40.7 Å². The number of alkyl halides is 2. The molecule has 0 aliphatic carbocycles. The number of anilines is 1. The third-order valence-electron chi connectivity index (χ3n) is 2.66. The number of amides is 1. The highest BCUT2D eigenvalue weighted by molar-refractivity contribution is 7.99. The van der Waals surface area contributed by atoms with E-state index in [1.54, 1.807) is 29.2 Å². The molecule has 0 saturated carbocycles. The second kappa shape index (κ2) is 6.85. The molecule has 8 heteroatoms. The molecule has 4 nitrogen and oxygen atoms in total. The number of piperazine rings is 1. The number of benzene rings is 1. The molecule has 1 heterocycles. The van der Waals surface area contributed by atoms with Crippen LogP contribution < -0.4 is 10.6 Å². The first-order valence-electron chi connectivity index (χ1n) is 5.92. The number of nitrogens with one attached hydrogen (secondary N) is 2. The second-order valence-electron chi connectivity index (χ2n) is 4.10. The van der Waals surface area contributed by atoms with Crippen molar-refractivity contribution in [2.75, 3.05) is 25.0 Å². The Balaban J connectivity index is 1.92. The number of nitrogens with zero attached hydrogens (tertiary/aromatic N) is 1. The van der Waals surface area contributed by atoms with Gasteiger partial charge in [0.2, 0.25) is 5.91 Å². The Morgan fingerprint density at radius 1 is 1.40 bits per heavy atom.